The minimum Gasteiger partial charge on any atom is -0.381 e. The Balaban J connectivity index is 1.40. The van der Waals surface area contributed by atoms with Gasteiger partial charge in [-0.3, -0.25) is 9.59 Å². The number of amides is 2. The number of hydrogen-bond acceptors (Lipinski definition) is 6. The number of ether oxygens (including phenoxy) is 1. The highest BCUT2D eigenvalue weighted by atomic mass is 79.9. The average Bonchev–Trinajstić information content (AvgIpc) is 3.35. The van der Waals surface area contributed by atoms with Crippen LogP contribution < -0.4 is 16.0 Å². The second kappa shape index (κ2) is 13.2. The van der Waals surface area contributed by atoms with Gasteiger partial charge in [0.05, 0.1) is 17.3 Å². The Morgan fingerprint density at radius 2 is 1.82 bits per heavy atom. The number of nitrogens with zero attached hydrogens (tertiary/aromatic N) is 3. The van der Waals surface area contributed by atoms with Gasteiger partial charge in [0, 0.05) is 67.5 Å². The normalized spacial score (nSPS) is 14.0. The number of pyridine rings is 1. The molecule has 0 saturated carbocycles. The van der Waals surface area contributed by atoms with Crippen LogP contribution >= 0.6 is 15.9 Å². The Hall–Kier alpha value is -2.98. The predicted octanol–water partition coefficient (Wildman–Crippen LogP) is 4.39. The minimum atomic E-state index is -0.165. The molecule has 4 rings (SSSR count). The molecule has 2 aromatic heterocycles. The molecule has 3 aromatic rings. The molecule has 1 aliphatic rings. The van der Waals surface area contributed by atoms with Crippen LogP contribution in [0.25, 0.3) is 11.0 Å². The van der Waals surface area contributed by atoms with E-state index in [2.05, 4.69) is 50.8 Å². The molecular formula is C28H37BrN6O3. The topological polar surface area (TPSA) is 110 Å². The standard InChI is InChI=1S/C28H37BrN6O3/c1-4-24-21(16-31-26(37)9-8-25(36)30-15-19-7-6-18(3)23(29)14-19)27(33-20-10-12-38-13-11-20)22-17-32-35(5-2)28(22)34-24/h6-7,14,17,20H,4-5,8-13,15-16H2,1-3H3,(H,30,36)(H,31,37)(H,33,34). The molecule has 0 unspecified atom stereocenters. The Labute approximate surface area is 232 Å². The molecule has 3 heterocycles. The maximum Gasteiger partial charge on any atom is 0.220 e. The van der Waals surface area contributed by atoms with Gasteiger partial charge < -0.3 is 20.7 Å². The molecule has 0 atom stereocenters. The summed E-state index contributed by atoms with van der Waals surface area (Å²) < 4.78 is 8.45. The van der Waals surface area contributed by atoms with Crippen LogP contribution in [0.4, 0.5) is 5.69 Å². The maximum absolute atomic E-state index is 12.7. The Morgan fingerprint density at radius 3 is 2.47 bits per heavy atom. The van der Waals surface area contributed by atoms with Gasteiger partial charge in [0.15, 0.2) is 5.65 Å². The number of aromatic nitrogens is 3. The first-order valence-electron chi connectivity index (χ1n) is 13.4. The fourth-order valence-electron chi connectivity index (χ4n) is 4.64. The molecule has 9 nitrogen and oxygen atoms in total. The summed E-state index contributed by atoms with van der Waals surface area (Å²) in [6.45, 7) is 9.10. The molecule has 0 radical (unpaired) electrons. The van der Waals surface area contributed by atoms with E-state index in [4.69, 9.17) is 9.72 Å². The van der Waals surface area contributed by atoms with Crippen molar-refractivity contribution in [3.8, 4) is 0 Å². The van der Waals surface area contributed by atoms with Crippen molar-refractivity contribution >= 4 is 44.5 Å². The number of aryl methyl sites for hydroxylation is 3. The van der Waals surface area contributed by atoms with Gasteiger partial charge in [-0.1, -0.05) is 35.0 Å². The fraction of sp³-hybridized carbons (Fsp3) is 0.500. The van der Waals surface area contributed by atoms with Crippen LogP contribution in [0, 0.1) is 6.92 Å². The van der Waals surface area contributed by atoms with Crippen LogP contribution in [0.2, 0.25) is 0 Å². The van der Waals surface area contributed by atoms with E-state index in [-0.39, 0.29) is 30.7 Å². The summed E-state index contributed by atoms with van der Waals surface area (Å²) in [4.78, 5) is 30.0. The molecule has 3 N–H and O–H groups in total. The van der Waals surface area contributed by atoms with Gasteiger partial charge in [0.1, 0.15) is 0 Å². The van der Waals surface area contributed by atoms with Gasteiger partial charge in [0.25, 0.3) is 0 Å². The zero-order valence-corrected chi connectivity index (χ0v) is 24.0. The Bertz CT molecular complexity index is 1290. The second-order valence-electron chi connectivity index (χ2n) is 9.63. The van der Waals surface area contributed by atoms with Gasteiger partial charge in [-0.2, -0.15) is 5.10 Å². The van der Waals surface area contributed by atoms with E-state index < -0.39 is 0 Å². The smallest absolute Gasteiger partial charge is 0.220 e. The molecule has 1 aromatic carbocycles. The van der Waals surface area contributed by atoms with Crippen LogP contribution in [-0.4, -0.2) is 45.8 Å². The molecule has 2 amide bonds. The van der Waals surface area contributed by atoms with Crippen molar-refractivity contribution in [1.82, 2.24) is 25.4 Å². The summed E-state index contributed by atoms with van der Waals surface area (Å²) in [7, 11) is 0. The van der Waals surface area contributed by atoms with Crippen LogP contribution in [0.3, 0.4) is 0 Å². The van der Waals surface area contributed by atoms with E-state index in [0.717, 1.165) is 82.6 Å². The number of anilines is 1. The number of fused-ring (bicyclic) bond motifs is 1. The lowest BCUT2D eigenvalue weighted by atomic mass is 10.0. The van der Waals surface area contributed by atoms with E-state index in [1.165, 1.54) is 0 Å². The van der Waals surface area contributed by atoms with Gasteiger partial charge in [-0.25, -0.2) is 9.67 Å². The molecule has 0 aliphatic carbocycles. The van der Waals surface area contributed by atoms with Crippen molar-refractivity contribution in [3.05, 3.63) is 51.3 Å². The Morgan fingerprint density at radius 1 is 1.11 bits per heavy atom. The highest BCUT2D eigenvalue weighted by molar-refractivity contribution is 9.10. The van der Waals surface area contributed by atoms with Crippen molar-refractivity contribution in [3.63, 3.8) is 0 Å². The lowest BCUT2D eigenvalue weighted by Gasteiger charge is -2.26. The SMILES string of the molecule is CCc1nc2c(cnn2CC)c(NC2CCOCC2)c1CNC(=O)CCC(=O)NCc1ccc(C)c(Br)c1. The Kier molecular flexibility index (Phi) is 9.74. The summed E-state index contributed by atoms with van der Waals surface area (Å²) in [5, 5.41) is 15.1. The first-order valence-corrected chi connectivity index (χ1v) is 14.2. The van der Waals surface area contributed by atoms with E-state index >= 15 is 0 Å². The van der Waals surface area contributed by atoms with Gasteiger partial charge in [-0.05, 0) is 50.3 Å². The van der Waals surface area contributed by atoms with Crippen LogP contribution in [-0.2, 0) is 40.4 Å². The number of hydrogen-bond donors (Lipinski definition) is 3. The molecule has 10 heteroatoms. The van der Waals surface area contributed by atoms with Crippen molar-refractivity contribution < 1.29 is 14.3 Å². The lowest BCUT2D eigenvalue weighted by molar-refractivity contribution is -0.126. The minimum absolute atomic E-state index is 0.122. The lowest BCUT2D eigenvalue weighted by Crippen LogP contribution is -2.30. The largest absolute Gasteiger partial charge is 0.381 e. The number of benzene rings is 1. The highest BCUT2D eigenvalue weighted by Gasteiger charge is 2.22. The summed E-state index contributed by atoms with van der Waals surface area (Å²) in [5.74, 6) is -0.315. The highest BCUT2D eigenvalue weighted by Crippen LogP contribution is 2.31. The van der Waals surface area contributed by atoms with Crippen molar-refractivity contribution in [2.24, 2.45) is 0 Å². The quantitative estimate of drug-likeness (QED) is 0.308. The van der Waals surface area contributed by atoms with Crippen molar-refractivity contribution in [1.29, 1.82) is 0 Å². The van der Waals surface area contributed by atoms with E-state index in [9.17, 15) is 9.59 Å². The summed E-state index contributed by atoms with van der Waals surface area (Å²) >= 11 is 3.52. The molecule has 0 spiro atoms. The number of carbonyl (C=O) groups is 2. The molecular weight excluding hydrogens is 548 g/mol. The molecule has 38 heavy (non-hydrogen) atoms. The van der Waals surface area contributed by atoms with Crippen LogP contribution in [0.15, 0.2) is 28.9 Å². The third-order valence-corrected chi connectivity index (χ3v) is 7.80. The monoisotopic (exact) mass is 584 g/mol. The van der Waals surface area contributed by atoms with Crippen LogP contribution in [0.1, 0.15) is 61.9 Å². The molecule has 1 aliphatic heterocycles. The third kappa shape index (κ3) is 6.91. The number of carbonyl (C=O) groups excluding carboxylic acids is 2. The second-order valence-corrected chi connectivity index (χ2v) is 10.5. The van der Waals surface area contributed by atoms with Crippen LogP contribution in [0.5, 0.6) is 0 Å². The van der Waals surface area contributed by atoms with Gasteiger partial charge >= 0.3 is 0 Å². The average molecular weight is 586 g/mol. The number of nitrogens with one attached hydrogen (secondary N) is 3. The fourth-order valence-corrected chi connectivity index (χ4v) is 5.06. The number of rotatable bonds is 11. The summed E-state index contributed by atoms with van der Waals surface area (Å²) in [6, 6.07) is 6.28. The molecule has 1 saturated heterocycles. The first-order chi connectivity index (χ1) is 18.4. The van der Waals surface area contributed by atoms with Crippen molar-refractivity contribution in [2.45, 2.75) is 78.6 Å². The van der Waals surface area contributed by atoms with Crippen molar-refractivity contribution in [2.75, 3.05) is 18.5 Å². The zero-order chi connectivity index (χ0) is 27.1. The van der Waals surface area contributed by atoms with E-state index in [1.54, 1.807) is 0 Å². The molecule has 1 fully saturated rings. The van der Waals surface area contributed by atoms with E-state index in [0.29, 0.717) is 13.1 Å². The summed E-state index contributed by atoms with van der Waals surface area (Å²) in [6.07, 6.45) is 4.69. The first kappa shape index (κ1) is 28.0. The maximum atomic E-state index is 12.7. The summed E-state index contributed by atoms with van der Waals surface area (Å²) in [5.41, 5.74) is 5.90. The number of halogens is 1. The third-order valence-electron chi connectivity index (χ3n) is 6.94. The molecule has 204 valence electrons. The predicted molar refractivity (Wildman–Crippen MR) is 152 cm³/mol. The van der Waals surface area contributed by atoms with Gasteiger partial charge in [0.2, 0.25) is 11.8 Å². The zero-order valence-electron chi connectivity index (χ0n) is 22.4. The molecule has 0 bridgehead atoms. The van der Waals surface area contributed by atoms with Gasteiger partial charge in [-0.15, -0.1) is 0 Å². The van der Waals surface area contributed by atoms with E-state index in [1.807, 2.05) is 36.0 Å².